The number of methoxy groups -OCH3 is 1. The third-order valence-corrected chi connectivity index (χ3v) is 6.22. The van der Waals surface area contributed by atoms with E-state index in [0.717, 1.165) is 27.7 Å². The van der Waals surface area contributed by atoms with E-state index in [9.17, 15) is 8.42 Å². The molecule has 0 radical (unpaired) electrons. The lowest BCUT2D eigenvalue weighted by molar-refractivity contribution is 0.411. The van der Waals surface area contributed by atoms with Crippen molar-refractivity contribution in [1.82, 2.24) is 9.71 Å². The van der Waals surface area contributed by atoms with Gasteiger partial charge in [0.2, 0.25) is 10.0 Å². The van der Waals surface area contributed by atoms with Gasteiger partial charge in [-0.2, -0.15) is 0 Å². The highest BCUT2D eigenvalue weighted by molar-refractivity contribution is 7.89. The molecule has 0 unspecified atom stereocenters. The molecule has 138 valence electrons. The van der Waals surface area contributed by atoms with Crippen LogP contribution in [0.25, 0.3) is 10.9 Å². The fraction of sp³-hybridized carbons (Fsp3) is 0.263. The fourth-order valence-electron chi connectivity index (χ4n) is 3.10. The molecule has 7 heteroatoms. The van der Waals surface area contributed by atoms with Crippen LogP contribution in [-0.4, -0.2) is 27.1 Å². The zero-order valence-corrected chi connectivity index (χ0v) is 16.5. The molecule has 2 aromatic carbocycles. The van der Waals surface area contributed by atoms with Gasteiger partial charge in [0, 0.05) is 17.6 Å². The number of sulfonamides is 1. The van der Waals surface area contributed by atoms with Crippen LogP contribution in [0.1, 0.15) is 16.8 Å². The molecule has 0 aliphatic rings. The Balaban J connectivity index is 1.76. The highest BCUT2D eigenvalue weighted by atomic mass is 35.5. The molecule has 0 aliphatic carbocycles. The molecule has 2 N–H and O–H groups in total. The first kappa shape index (κ1) is 18.8. The van der Waals surface area contributed by atoms with Crippen molar-refractivity contribution in [2.24, 2.45) is 0 Å². The lowest BCUT2D eigenvalue weighted by Crippen LogP contribution is -2.26. The number of ether oxygens (including phenoxy) is 1. The second kappa shape index (κ2) is 7.31. The summed E-state index contributed by atoms with van der Waals surface area (Å²) >= 11 is 6.22. The average molecular weight is 393 g/mol. The van der Waals surface area contributed by atoms with E-state index in [1.165, 1.54) is 0 Å². The van der Waals surface area contributed by atoms with Crippen molar-refractivity contribution < 1.29 is 13.2 Å². The summed E-state index contributed by atoms with van der Waals surface area (Å²) in [6.07, 6.45) is 0.570. The van der Waals surface area contributed by atoms with E-state index in [4.69, 9.17) is 16.3 Å². The quantitative estimate of drug-likeness (QED) is 0.666. The van der Waals surface area contributed by atoms with Gasteiger partial charge in [0.1, 0.15) is 5.75 Å². The van der Waals surface area contributed by atoms with Crippen LogP contribution in [0.2, 0.25) is 5.02 Å². The molecule has 0 spiro atoms. The second-order valence-corrected chi connectivity index (χ2v) is 8.34. The second-order valence-electron chi connectivity index (χ2n) is 6.17. The van der Waals surface area contributed by atoms with Crippen molar-refractivity contribution in [3.63, 3.8) is 0 Å². The van der Waals surface area contributed by atoms with Crippen molar-refractivity contribution in [3.8, 4) is 5.75 Å². The number of hydrogen-bond acceptors (Lipinski definition) is 3. The molecular weight excluding hydrogens is 372 g/mol. The first-order valence-corrected chi connectivity index (χ1v) is 10.1. The third-order valence-electron chi connectivity index (χ3n) is 4.45. The summed E-state index contributed by atoms with van der Waals surface area (Å²) < 4.78 is 32.9. The number of para-hydroxylation sites is 1. The maximum absolute atomic E-state index is 12.5. The third kappa shape index (κ3) is 3.58. The molecule has 3 rings (SSSR count). The Bertz CT molecular complexity index is 1060. The van der Waals surface area contributed by atoms with E-state index in [2.05, 4.69) is 9.71 Å². The maximum atomic E-state index is 12.5. The van der Waals surface area contributed by atoms with Crippen molar-refractivity contribution in [3.05, 3.63) is 58.2 Å². The molecule has 0 aliphatic heterocycles. The Hall–Kier alpha value is -2.02. The van der Waals surface area contributed by atoms with Gasteiger partial charge in [-0.3, -0.25) is 0 Å². The molecule has 3 aromatic rings. The average Bonchev–Trinajstić information content (AvgIpc) is 2.92. The summed E-state index contributed by atoms with van der Waals surface area (Å²) in [7, 11) is -2.02. The van der Waals surface area contributed by atoms with Crippen LogP contribution in [0, 0.1) is 13.8 Å². The van der Waals surface area contributed by atoms with Crippen LogP contribution >= 0.6 is 11.6 Å². The largest absolute Gasteiger partial charge is 0.496 e. The number of aromatic amines is 1. The maximum Gasteiger partial charge on any atom is 0.240 e. The lowest BCUT2D eigenvalue weighted by Gasteiger charge is -2.10. The summed E-state index contributed by atoms with van der Waals surface area (Å²) in [5.41, 5.74) is 3.72. The van der Waals surface area contributed by atoms with Gasteiger partial charge in [0.25, 0.3) is 0 Å². The minimum absolute atomic E-state index is 0.231. The molecule has 5 nitrogen and oxygen atoms in total. The first-order chi connectivity index (χ1) is 12.3. The number of benzene rings is 2. The number of H-pyrrole nitrogens is 1. The number of halogens is 1. The number of aromatic nitrogens is 1. The van der Waals surface area contributed by atoms with Crippen molar-refractivity contribution >= 4 is 32.5 Å². The Kier molecular flexibility index (Phi) is 5.27. The fourth-order valence-corrected chi connectivity index (χ4v) is 4.44. The SMILES string of the molecule is COc1ccc(S(=O)(=O)NCCc2c(C)[nH]c3c(Cl)cccc23)cc1C. The molecule has 0 fully saturated rings. The van der Waals surface area contributed by atoms with E-state index < -0.39 is 10.0 Å². The van der Waals surface area contributed by atoms with Gasteiger partial charge in [-0.15, -0.1) is 0 Å². The predicted octanol–water partition coefficient (Wildman–Crippen LogP) is 3.97. The zero-order chi connectivity index (χ0) is 18.9. The summed E-state index contributed by atoms with van der Waals surface area (Å²) in [6.45, 7) is 4.08. The van der Waals surface area contributed by atoms with E-state index in [-0.39, 0.29) is 4.90 Å². The van der Waals surface area contributed by atoms with Crippen LogP contribution in [0.5, 0.6) is 5.75 Å². The van der Waals surface area contributed by atoms with E-state index in [1.807, 2.05) is 32.0 Å². The topological polar surface area (TPSA) is 71.2 Å². The van der Waals surface area contributed by atoms with Crippen molar-refractivity contribution in [2.75, 3.05) is 13.7 Å². The highest BCUT2D eigenvalue weighted by Gasteiger charge is 2.16. The minimum atomic E-state index is -3.58. The van der Waals surface area contributed by atoms with Crippen molar-refractivity contribution in [2.45, 2.75) is 25.2 Å². The zero-order valence-electron chi connectivity index (χ0n) is 14.9. The summed E-state index contributed by atoms with van der Waals surface area (Å²) in [6, 6.07) is 10.5. The number of fused-ring (bicyclic) bond motifs is 1. The van der Waals surface area contributed by atoms with E-state index in [1.54, 1.807) is 25.3 Å². The number of rotatable bonds is 6. The molecular formula is C19H21ClN2O3S. The predicted molar refractivity (Wildman–Crippen MR) is 105 cm³/mol. The first-order valence-electron chi connectivity index (χ1n) is 8.23. The highest BCUT2D eigenvalue weighted by Crippen LogP contribution is 2.28. The normalized spacial score (nSPS) is 11.8. The van der Waals surface area contributed by atoms with E-state index in [0.29, 0.717) is 23.7 Å². The summed E-state index contributed by atoms with van der Waals surface area (Å²) in [5, 5.41) is 1.68. The molecule has 1 aromatic heterocycles. The number of aryl methyl sites for hydroxylation is 2. The monoisotopic (exact) mass is 392 g/mol. The Morgan fingerprint density at radius 3 is 2.65 bits per heavy atom. The van der Waals surface area contributed by atoms with E-state index >= 15 is 0 Å². The van der Waals surface area contributed by atoms with Gasteiger partial charge in [-0.05, 0) is 55.7 Å². The van der Waals surface area contributed by atoms with Crippen LogP contribution in [0.4, 0.5) is 0 Å². The molecule has 0 saturated heterocycles. The minimum Gasteiger partial charge on any atom is -0.496 e. The van der Waals surface area contributed by atoms with Gasteiger partial charge in [-0.1, -0.05) is 23.7 Å². The molecule has 0 amide bonds. The van der Waals surface area contributed by atoms with Gasteiger partial charge >= 0.3 is 0 Å². The molecule has 0 saturated carbocycles. The summed E-state index contributed by atoms with van der Waals surface area (Å²) in [5.74, 6) is 0.662. The molecule has 0 bridgehead atoms. The summed E-state index contributed by atoms with van der Waals surface area (Å²) in [4.78, 5) is 3.50. The molecule has 0 atom stereocenters. The number of hydrogen-bond donors (Lipinski definition) is 2. The Morgan fingerprint density at radius 1 is 1.19 bits per heavy atom. The van der Waals surface area contributed by atoms with Crippen LogP contribution < -0.4 is 9.46 Å². The standard InChI is InChI=1S/C19H21ClN2O3S/c1-12-11-14(7-8-18(12)25-3)26(23,24)21-10-9-15-13(2)22-19-16(15)5-4-6-17(19)20/h4-8,11,21-22H,9-10H2,1-3H3. The number of nitrogens with one attached hydrogen (secondary N) is 2. The van der Waals surface area contributed by atoms with Crippen LogP contribution in [-0.2, 0) is 16.4 Å². The lowest BCUT2D eigenvalue weighted by atomic mass is 10.1. The van der Waals surface area contributed by atoms with Gasteiger partial charge in [-0.25, -0.2) is 13.1 Å². The van der Waals surface area contributed by atoms with Gasteiger partial charge < -0.3 is 9.72 Å². The van der Waals surface area contributed by atoms with Gasteiger partial charge in [0.05, 0.1) is 22.5 Å². The Labute approximate surface area is 158 Å². The van der Waals surface area contributed by atoms with Gasteiger partial charge in [0.15, 0.2) is 0 Å². The smallest absolute Gasteiger partial charge is 0.240 e. The molecule has 26 heavy (non-hydrogen) atoms. The molecule has 1 heterocycles. The Morgan fingerprint density at radius 2 is 1.96 bits per heavy atom. The van der Waals surface area contributed by atoms with Crippen molar-refractivity contribution in [1.29, 1.82) is 0 Å². The van der Waals surface area contributed by atoms with Crippen LogP contribution in [0.3, 0.4) is 0 Å². The van der Waals surface area contributed by atoms with Crippen LogP contribution in [0.15, 0.2) is 41.3 Å².